The first-order valence-corrected chi connectivity index (χ1v) is 13.7. The summed E-state index contributed by atoms with van der Waals surface area (Å²) in [6.45, 7) is 3.11. The summed E-state index contributed by atoms with van der Waals surface area (Å²) in [5.74, 6) is -1.30. The van der Waals surface area contributed by atoms with Crippen LogP contribution in [0.1, 0.15) is 36.9 Å². The molecule has 0 bridgehead atoms. The van der Waals surface area contributed by atoms with Crippen LogP contribution in [0, 0.1) is 5.82 Å². The smallest absolute Gasteiger partial charge is 0.329 e. The zero-order chi connectivity index (χ0) is 28.8. The van der Waals surface area contributed by atoms with Crippen LogP contribution in [-0.2, 0) is 11.3 Å². The van der Waals surface area contributed by atoms with E-state index in [1.807, 2.05) is 0 Å². The van der Waals surface area contributed by atoms with Crippen LogP contribution >= 0.6 is 0 Å². The molecule has 1 aromatic carbocycles. The Morgan fingerprint density at radius 1 is 1.00 bits per heavy atom. The van der Waals surface area contributed by atoms with E-state index in [2.05, 4.69) is 25.1 Å². The van der Waals surface area contributed by atoms with Gasteiger partial charge in [0.15, 0.2) is 0 Å². The highest BCUT2D eigenvalue weighted by Crippen LogP contribution is 2.32. The third-order valence-electron chi connectivity index (χ3n) is 7.99. The number of benzene rings is 1. The number of rotatable bonds is 7. The maximum absolute atomic E-state index is 15.6. The normalized spacial score (nSPS) is 18.1. The highest BCUT2D eigenvalue weighted by atomic mass is 19.3. The van der Waals surface area contributed by atoms with Crippen molar-refractivity contribution in [3.8, 4) is 22.6 Å². The van der Waals surface area contributed by atoms with Gasteiger partial charge in [0.05, 0.1) is 54.1 Å². The molecule has 2 aliphatic rings. The molecule has 216 valence electrons. The lowest BCUT2D eigenvalue weighted by Gasteiger charge is -2.42. The lowest BCUT2D eigenvalue weighted by atomic mass is 10.0. The summed E-state index contributed by atoms with van der Waals surface area (Å²) in [5.41, 5.74) is 2.79. The quantitative estimate of drug-likeness (QED) is 0.279. The number of nitrogens with zero attached hydrogens (tertiary/aromatic N) is 7. The van der Waals surface area contributed by atoms with Gasteiger partial charge >= 0.3 is 12.1 Å². The maximum Gasteiger partial charge on any atom is 0.329 e. The molecule has 13 heteroatoms. The van der Waals surface area contributed by atoms with E-state index in [1.54, 1.807) is 47.3 Å². The molecule has 0 radical (unpaired) electrons. The third kappa shape index (κ3) is 4.77. The number of likely N-dealkylation sites (tertiary alicyclic amines) is 1. The molecule has 0 N–H and O–H groups in total. The Balaban J connectivity index is 1.28. The molecule has 2 aliphatic heterocycles. The molecule has 10 nitrogen and oxygen atoms in total. The van der Waals surface area contributed by atoms with Crippen LogP contribution in [0.5, 0.6) is 0 Å². The van der Waals surface area contributed by atoms with Gasteiger partial charge in [-0.3, -0.25) is 24.0 Å². The van der Waals surface area contributed by atoms with E-state index < -0.39 is 18.1 Å². The molecule has 0 aliphatic carbocycles. The predicted octanol–water partition coefficient (Wildman–Crippen LogP) is 4.47. The number of aromatic nitrogens is 6. The molecule has 2 fully saturated rings. The van der Waals surface area contributed by atoms with E-state index in [-0.39, 0.29) is 24.2 Å². The molecule has 2 saturated heterocycles. The molecule has 1 atom stereocenters. The van der Waals surface area contributed by atoms with Crippen LogP contribution in [-0.4, -0.2) is 66.5 Å². The predicted molar refractivity (Wildman–Crippen MR) is 145 cm³/mol. The van der Waals surface area contributed by atoms with E-state index in [9.17, 15) is 13.6 Å². The van der Waals surface area contributed by atoms with Gasteiger partial charge in [-0.1, -0.05) is 0 Å². The summed E-state index contributed by atoms with van der Waals surface area (Å²) < 4.78 is 55.0. The van der Waals surface area contributed by atoms with Gasteiger partial charge in [-0.2, -0.15) is 8.78 Å². The molecular formula is C29H26F3N7O3. The van der Waals surface area contributed by atoms with Gasteiger partial charge in [0.25, 0.3) is 5.89 Å². The second-order valence-corrected chi connectivity index (χ2v) is 10.6. The van der Waals surface area contributed by atoms with Crippen molar-refractivity contribution < 1.29 is 22.3 Å². The number of hydrogen-bond donors (Lipinski definition) is 0. The first-order valence-electron chi connectivity index (χ1n) is 13.7. The zero-order valence-electron chi connectivity index (χ0n) is 22.4. The zero-order valence-corrected chi connectivity index (χ0v) is 22.4. The number of ether oxygens (including phenoxy) is 1. The van der Waals surface area contributed by atoms with Crippen molar-refractivity contribution in [3.05, 3.63) is 82.9 Å². The van der Waals surface area contributed by atoms with E-state index in [0.717, 1.165) is 19.4 Å². The lowest BCUT2D eigenvalue weighted by molar-refractivity contribution is -0.0751. The lowest BCUT2D eigenvalue weighted by Crippen LogP contribution is -2.53. The number of piperidine rings is 1. The number of halogens is 3. The van der Waals surface area contributed by atoms with Crippen molar-refractivity contribution in [2.45, 2.75) is 37.9 Å². The highest BCUT2D eigenvalue weighted by Gasteiger charge is 2.33. The second-order valence-electron chi connectivity index (χ2n) is 10.6. The summed E-state index contributed by atoms with van der Waals surface area (Å²) in [4.78, 5) is 24.9. The molecule has 5 aromatic rings. The standard InChI is InChI=1S/C29H26F3N7O3/c30-23-11-24-25(10-22(23)17-5-7-33-8-6-17)39(20-2-1-9-37(14-20)21-15-41-16-21)29(40)38(24)13-19-4-3-18(12-34-19)27-35-36-28(42-27)26(31)32/h3-8,10-12,20-21,26H,1-2,9,13-16H2/t20-/m0/s1. The van der Waals surface area contributed by atoms with Gasteiger partial charge in [0, 0.05) is 36.8 Å². The average Bonchev–Trinajstić information content (AvgIpc) is 3.57. The molecular weight excluding hydrogens is 551 g/mol. The molecule has 0 saturated carbocycles. The van der Waals surface area contributed by atoms with E-state index in [4.69, 9.17) is 9.15 Å². The van der Waals surface area contributed by atoms with E-state index >= 15 is 4.39 Å². The van der Waals surface area contributed by atoms with Crippen LogP contribution in [0.15, 0.2) is 64.2 Å². The molecule has 4 aromatic heterocycles. The fraction of sp³-hybridized carbons (Fsp3) is 0.345. The molecule has 0 amide bonds. The van der Waals surface area contributed by atoms with Crippen LogP contribution in [0.2, 0.25) is 0 Å². The summed E-state index contributed by atoms with van der Waals surface area (Å²) in [6.07, 6.45) is 3.52. The van der Waals surface area contributed by atoms with Gasteiger partial charge in [0.1, 0.15) is 5.82 Å². The van der Waals surface area contributed by atoms with Gasteiger partial charge in [-0.05, 0) is 55.3 Å². The second kappa shape index (κ2) is 10.8. The molecule has 42 heavy (non-hydrogen) atoms. The minimum absolute atomic E-state index is 0.0790. The Morgan fingerprint density at radius 2 is 1.83 bits per heavy atom. The average molecular weight is 578 g/mol. The van der Waals surface area contributed by atoms with Crippen molar-refractivity contribution in [2.24, 2.45) is 0 Å². The Hall–Kier alpha value is -4.36. The van der Waals surface area contributed by atoms with E-state index in [0.29, 0.717) is 59.2 Å². The van der Waals surface area contributed by atoms with Crippen molar-refractivity contribution >= 4 is 11.0 Å². The third-order valence-corrected chi connectivity index (χ3v) is 7.99. The fourth-order valence-corrected chi connectivity index (χ4v) is 5.76. The SMILES string of the molecule is O=c1n(Cc2ccc(-c3nnc(C(F)F)o3)cn2)c2cc(F)c(-c3ccncc3)cc2n1[C@H]1CCCN(C2COC2)C1. The van der Waals surface area contributed by atoms with Crippen molar-refractivity contribution in [2.75, 3.05) is 26.3 Å². The van der Waals surface area contributed by atoms with Gasteiger partial charge in [-0.25, -0.2) is 9.18 Å². The minimum atomic E-state index is -2.87. The highest BCUT2D eigenvalue weighted by molar-refractivity contribution is 5.83. The summed E-state index contributed by atoms with van der Waals surface area (Å²) in [7, 11) is 0. The molecule has 0 spiro atoms. The first kappa shape index (κ1) is 26.5. The largest absolute Gasteiger partial charge is 0.415 e. The molecule has 0 unspecified atom stereocenters. The van der Waals surface area contributed by atoms with E-state index in [1.165, 1.54) is 16.8 Å². The Bertz CT molecular complexity index is 1780. The summed E-state index contributed by atoms with van der Waals surface area (Å²) >= 11 is 0. The maximum atomic E-state index is 15.6. The van der Waals surface area contributed by atoms with Crippen molar-refractivity contribution in [1.82, 2.24) is 34.2 Å². The van der Waals surface area contributed by atoms with Gasteiger partial charge in [-0.15, -0.1) is 10.2 Å². The Kier molecular flexibility index (Phi) is 6.82. The Morgan fingerprint density at radius 3 is 2.52 bits per heavy atom. The molecule has 6 heterocycles. The molecule has 7 rings (SSSR count). The number of imidazole rings is 1. The van der Waals surface area contributed by atoms with Crippen LogP contribution in [0.3, 0.4) is 0 Å². The monoisotopic (exact) mass is 577 g/mol. The van der Waals surface area contributed by atoms with Crippen LogP contribution in [0.4, 0.5) is 13.2 Å². The number of pyridine rings is 2. The summed E-state index contributed by atoms with van der Waals surface area (Å²) in [5, 5.41) is 7.00. The topological polar surface area (TPSA) is 104 Å². The fourth-order valence-electron chi connectivity index (χ4n) is 5.76. The number of hydrogen-bond acceptors (Lipinski definition) is 8. The van der Waals surface area contributed by atoms with Gasteiger partial charge in [0.2, 0.25) is 5.89 Å². The van der Waals surface area contributed by atoms with Gasteiger partial charge < -0.3 is 9.15 Å². The first-order chi connectivity index (χ1) is 20.5. The Labute approximate surface area is 237 Å². The van der Waals surface area contributed by atoms with Crippen molar-refractivity contribution in [3.63, 3.8) is 0 Å². The summed E-state index contributed by atoms with van der Waals surface area (Å²) in [6, 6.07) is 10.1. The number of alkyl halides is 2. The van der Waals surface area contributed by atoms with Crippen molar-refractivity contribution in [1.29, 1.82) is 0 Å². The van der Waals surface area contributed by atoms with Crippen LogP contribution in [0.25, 0.3) is 33.6 Å². The number of fused-ring (bicyclic) bond motifs is 1. The van der Waals surface area contributed by atoms with Crippen LogP contribution < -0.4 is 5.69 Å². The minimum Gasteiger partial charge on any atom is -0.415 e.